The molecule has 0 aliphatic carbocycles. The van der Waals surface area contributed by atoms with Crippen LogP contribution in [-0.4, -0.2) is 22.9 Å². The topological polar surface area (TPSA) is 84.4 Å². The number of benzene rings is 1. The zero-order chi connectivity index (χ0) is 15.5. The van der Waals surface area contributed by atoms with Gasteiger partial charge in [-0.15, -0.1) is 0 Å². The average Bonchev–Trinajstić information content (AvgIpc) is 2.60. The molecule has 2 rings (SSSR count). The summed E-state index contributed by atoms with van der Waals surface area (Å²) < 4.78 is 0. The lowest BCUT2D eigenvalue weighted by Gasteiger charge is -2.24. The molecule has 1 aromatic carbocycles. The van der Waals surface area contributed by atoms with E-state index < -0.39 is 0 Å². The molecule has 6 nitrogen and oxygen atoms in total. The highest BCUT2D eigenvalue weighted by molar-refractivity contribution is 5.55. The van der Waals surface area contributed by atoms with E-state index in [1.54, 1.807) is 12.1 Å². The van der Waals surface area contributed by atoms with E-state index in [0.29, 0.717) is 12.0 Å². The molecule has 116 valence electrons. The first-order chi connectivity index (χ1) is 9.91. The molecule has 0 saturated carbocycles. The Morgan fingerprint density at radius 3 is 2.81 bits per heavy atom. The van der Waals surface area contributed by atoms with Crippen LogP contribution in [0.4, 0.5) is 11.4 Å². The first-order valence-corrected chi connectivity index (χ1v) is 7.37. The molecule has 0 atom stereocenters. The minimum absolute atomic E-state index is 0.110. The van der Waals surface area contributed by atoms with Crippen molar-refractivity contribution in [2.75, 3.05) is 18.5 Å². The highest BCUT2D eigenvalue weighted by Gasteiger charge is 2.23. The molecule has 0 spiro atoms. The maximum atomic E-state index is 10.9. The summed E-state index contributed by atoms with van der Waals surface area (Å²) in [6, 6.07) is 4.77. The normalized spacial score (nSPS) is 19.0. The lowest BCUT2D eigenvalue weighted by molar-refractivity contribution is -0.384. The van der Waals surface area contributed by atoms with E-state index >= 15 is 0 Å². The van der Waals surface area contributed by atoms with Crippen LogP contribution in [-0.2, 0) is 6.54 Å². The fourth-order valence-corrected chi connectivity index (χ4v) is 2.84. The number of non-ortho nitro benzene ring substituents is 1. The van der Waals surface area contributed by atoms with Gasteiger partial charge in [-0.25, -0.2) is 0 Å². The van der Waals surface area contributed by atoms with Gasteiger partial charge in [0.2, 0.25) is 0 Å². The molecular formula is C15H24N4O2. The highest BCUT2D eigenvalue weighted by Crippen LogP contribution is 2.31. The standard InChI is InChI=1S/C15H24N4O2/c1-15(2)6-3-8-18(9-7-15)11-12-10-13(19(20)21)4-5-14(12)17-16/h4-5,10,17H,3,6-9,11,16H2,1-2H3. The number of hydrazine groups is 1. The third kappa shape index (κ3) is 4.15. The fourth-order valence-electron chi connectivity index (χ4n) is 2.84. The van der Waals surface area contributed by atoms with E-state index in [0.717, 1.165) is 37.2 Å². The van der Waals surface area contributed by atoms with Gasteiger partial charge in [-0.2, -0.15) is 0 Å². The van der Waals surface area contributed by atoms with Crippen molar-refractivity contribution in [1.82, 2.24) is 4.90 Å². The Kier molecular flexibility index (Phi) is 4.80. The van der Waals surface area contributed by atoms with E-state index in [9.17, 15) is 10.1 Å². The number of nitrogens with two attached hydrogens (primary N) is 1. The Morgan fingerprint density at radius 1 is 1.38 bits per heavy atom. The molecule has 0 unspecified atom stereocenters. The lowest BCUT2D eigenvalue weighted by Crippen LogP contribution is -2.26. The summed E-state index contributed by atoms with van der Waals surface area (Å²) in [5.74, 6) is 5.52. The summed E-state index contributed by atoms with van der Waals surface area (Å²) in [4.78, 5) is 12.9. The quantitative estimate of drug-likeness (QED) is 0.506. The van der Waals surface area contributed by atoms with Crippen molar-refractivity contribution in [3.63, 3.8) is 0 Å². The number of anilines is 1. The van der Waals surface area contributed by atoms with E-state index in [1.807, 2.05) is 0 Å². The second-order valence-corrected chi connectivity index (χ2v) is 6.54. The first kappa shape index (κ1) is 15.7. The molecule has 0 aromatic heterocycles. The molecular weight excluding hydrogens is 268 g/mol. The fraction of sp³-hybridized carbons (Fsp3) is 0.600. The van der Waals surface area contributed by atoms with Gasteiger partial charge in [-0.1, -0.05) is 13.8 Å². The van der Waals surface area contributed by atoms with Crippen molar-refractivity contribution >= 4 is 11.4 Å². The number of hydrogen-bond acceptors (Lipinski definition) is 5. The minimum Gasteiger partial charge on any atom is -0.324 e. The number of likely N-dealkylation sites (tertiary alicyclic amines) is 1. The molecule has 21 heavy (non-hydrogen) atoms. The van der Waals surface area contributed by atoms with Crippen LogP contribution in [0.3, 0.4) is 0 Å². The molecule has 1 aromatic rings. The Labute approximate surface area is 125 Å². The lowest BCUT2D eigenvalue weighted by atomic mass is 9.85. The number of nitrogens with one attached hydrogen (secondary N) is 1. The van der Waals surface area contributed by atoms with Crippen LogP contribution in [0.25, 0.3) is 0 Å². The van der Waals surface area contributed by atoms with Gasteiger partial charge in [0.05, 0.1) is 10.6 Å². The summed E-state index contributed by atoms with van der Waals surface area (Å²) in [5.41, 5.74) is 4.76. The van der Waals surface area contributed by atoms with E-state index in [-0.39, 0.29) is 10.6 Å². The van der Waals surface area contributed by atoms with Gasteiger partial charge >= 0.3 is 0 Å². The number of hydrogen-bond donors (Lipinski definition) is 2. The van der Waals surface area contributed by atoms with Gasteiger partial charge in [0, 0.05) is 18.7 Å². The summed E-state index contributed by atoms with van der Waals surface area (Å²) in [6.07, 6.45) is 3.53. The molecule has 1 fully saturated rings. The number of nitrogen functional groups attached to an aromatic ring is 1. The zero-order valence-corrected chi connectivity index (χ0v) is 12.8. The summed E-state index contributed by atoms with van der Waals surface area (Å²) in [6.45, 7) is 7.33. The highest BCUT2D eigenvalue weighted by atomic mass is 16.6. The molecule has 1 aliphatic rings. The Balaban J connectivity index is 2.14. The Bertz CT molecular complexity index is 516. The van der Waals surface area contributed by atoms with Gasteiger partial charge in [0.25, 0.3) is 5.69 Å². The number of nitro benzene ring substituents is 1. The molecule has 0 radical (unpaired) electrons. The maximum Gasteiger partial charge on any atom is 0.269 e. The van der Waals surface area contributed by atoms with E-state index in [1.165, 1.54) is 12.5 Å². The van der Waals surface area contributed by atoms with Crippen molar-refractivity contribution in [3.05, 3.63) is 33.9 Å². The molecule has 1 saturated heterocycles. The summed E-state index contributed by atoms with van der Waals surface area (Å²) in [7, 11) is 0. The molecule has 6 heteroatoms. The largest absolute Gasteiger partial charge is 0.324 e. The maximum absolute atomic E-state index is 10.9. The first-order valence-electron chi connectivity index (χ1n) is 7.37. The van der Waals surface area contributed by atoms with Gasteiger partial charge < -0.3 is 5.43 Å². The van der Waals surface area contributed by atoms with Gasteiger partial charge in [0.1, 0.15) is 0 Å². The second-order valence-electron chi connectivity index (χ2n) is 6.54. The average molecular weight is 292 g/mol. The number of nitro groups is 1. The Hall–Kier alpha value is -1.66. The van der Waals surface area contributed by atoms with E-state index in [4.69, 9.17) is 5.84 Å². The van der Waals surface area contributed by atoms with Crippen molar-refractivity contribution < 1.29 is 4.92 Å². The van der Waals surface area contributed by atoms with Crippen LogP contribution in [0.5, 0.6) is 0 Å². The van der Waals surface area contributed by atoms with Crippen LogP contribution in [0.15, 0.2) is 18.2 Å². The molecule has 0 amide bonds. The van der Waals surface area contributed by atoms with Gasteiger partial charge in [-0.3, -0.25) is 20.9 Å². The monoisotopic (exact) mass is 292 g/mol. The van der Waals surface area contributed by atoms with Crippen LogP contribution in [0.1, 0.15) is 38.7 Å². The number of nitrogens with zero attached hydrogens (tertiary/aromatic N) is 2. The second kappa shape index (κ2) is 6.41. The van der Waals surface area contributed by atoms with Crippen LogP contribution >= 0.6 is 0 Å². The minimum atomic E-state index is -0.366. The van der Waals surface area contributed by atoms with Crippen molar-refractivity contribution in [1.29, 1.82) is 0 Å². The molecule has 0 bridgehead atoms. The SMILES string of the molecule is CC1(C)CCCN(Cc2cc([N+](=O)[O-])ccc2NN)CC1. The van der Waals surface area contributed by atoms with Crippen molar-refractivity contribution in [2.45, 2.75) is 39.7 Å². The summed E-state index contributed by atoms with van der Waals surface area (Å²) >= 11 is 0. The van der Waals surface area contributed by atoms with Crippen LogP contribution in [0.2, 0.25) is 0 Å². The third-order valence-corrected chi connectivity index (χ3v) is 4.28. The predicted molar refractivity (Wildman–Crippen MR) is 83.8 cm³/mol. The molecule has 1 aliphatic heterocycles. The summed E-state index contributed by atoms with van der Waals surface area (Å²) in [5, 5.41) is 10.9. The zero-order valence-electron chi connectivity index (χ0n) is 12.8. The predicted octanol–water partition coefficient (Wildman–Crippen LogP) is 2.89. The molecule has 3 N–H and O–H groups in total. The van der Waals surface area contributed by atoms with Crippen molar-refractivity contribution in [2.24, 2.45) is 11.3 Å². The molecule has 1 heterocycles. The van der Waals surface area contributed by atoms with Gasteiger partial charge in [0.15, 0.2) is 0 Å². The smallest absolute Gasteiger partial charge is 0.269 e. The third-order valence-electron chi connectivity index (χ3n) is 4.28. The Morgan fingerprint density at radius 2 is 2.14 bits per heavy atom. The van der Waals surface area contributed by atoms with Crippen LogP contribution in [0, 0.1) is 15.5 Å². The number of rotatable bonds is 4. The van der Waals surface area contributed by atoms with Gasteiger partial charge in [-0.05, 0) is 49.4 Å². The van der Waals surface area contributed by atoms with Crippen molar-refractivity contribution in [3.8, 4) is 0 Å². The van der Waals surface area contributed by atoms with E-state index in [2.05, 4.69) is 24.2 Å². The van der Waals surface area contributed by atoms with Crippen LogP contribution < -0.4 is 11.3 Å².